The van der Waals surface area contributed by atoms with Crippen molar-refractivity contribution in [2.24, 2.45) is 0 Å². The Morgan fingerprint density at radius 2 is 2.04 bits per heavy atom. The average molecular weight is 369 g/mol. The van der Waals surface area contributed by atoms with Crippen LogP contribution in [0, 0.1) is 11.7 Å². The van der Waals surface area contributed by atoms with Crippen molar-refractivity contribution in [3.63, 3.8) is 0 Å². The molecule has 0 aliphatic carbocycles. The summed E-state index contributed by atoms with van der Waals surface area (Å²) in [6, 6.07) is 16.4. The minimum Gasteiger partial charge on any atom is -0.489 e. The molecule has 3 rings (SSSR count). The quantitative estimate of drug-likeness (QED) is 0.574. The van der Waals surface area contributed by atoms with Crippen LogP contribution >= 0.6 is 12.2 Å². The lowest BCUT2D eigenvalue weighted by Crippen LogP contribution is -2.18. The van der Waals surface area contributed by atoms with Gasteiger partial charge in [-0.05, 0) is 37.2 Å². The minimum atomic E-state index is 0.547. The summed E-state index contributed by atoms with van der Waals surface area (Å²) in [7, 11) is 0. The molecule has 0 atom stereocenters. The molecule has 6 heteroatoms. The van der Waals surface area contributed by atoms with Crippen molar-refractivity contribution in [3.8, 4) is 5.75 Å². The molecule has 0 radical (unpaired) electrons. The molecule has 0 aliphatic heterocycles. The highest BCUT2D eigenvalue weighted by Gasteiger charge is 2.07. The van der Waals surface area contributed by atoms with Gasteiger partial charge in [0.25, 0.3) is 0 Å². The number of aromatic amines is 1. The van der Waals surface area contributed by atoms with Gasteiger partial charge in [0, 0.05) is 12.0 Å². The Hall–Kier alpha value is -2.60. The second-order valence-electron chi connectivity index (χ2n) is 6.25. The fourth-order valence-corrected chi connectivity index (χ4v) is 3.02. The average Bonchev–Trinajstić information content (AvgIpc) is 2.99. The summed E-state index contributed by atoms with van der Waals surface area (Å²) < 4.78 is 8.48. The van der Waals surface area contributed by atoms with Crippen molar-refractivity contribution in [3.05, 3.63) is 75.8 Å². The van der Waals surface area contributed by atoms with E-state index in [1.165, 1.54) is 5.56 Å². The SMILES string of the molecule is CCCc1n[nH]c(=S)n1NCc1ccccc1OCc1cccc(C)c1. The largest absolute Gasteiger partial charge is 0.489 e. The van der Waals surface area contributed by atoms with Crippen LogP contribution in [0.25, 0.3) is 0 Å². The van der Waals surface area contributed by atoms with Gasteiger partial charge in [-0.15, -0.1) is 0 Å². The zero-order chi connectivity index (χ0) is 18.4. The first-order valence-electron chi connectivity index (χ1n) is 8.83. The normalized spacial score (nSPS) is 10.7. The molecule has 3 aromatic rings. The van der Waals surface area contributed by atoms with E-state index in [0.717, 1.165) is 35.5 Å². The highest BCUT2D eigenvalue weighted by Crippen LogP contribution is 2.20. The maximum Gasteiger partial charge on any atom is 0.214 e. The molecule has 0 unspecified atom stereocenters. The highest BCUT2D eigenvalue weighted by atomic mass is 32.1. The number of nitrogens with one attached hydrogen (secondary N) is 2. The third kappa shape index (κ3) is 4.52. The second-order valence-corrected chi connectivity index (χ2v) is 6.64. The van der Waals surface area contributed by atoms with Crippen LogP contribution in [0.2, 0.25) is 0 Å². The molecule has 2 aromatic carbocycles. The third-order valence-electron chi connectivity index (χ3n) is 4.09. The number of para-hydroxylation sites is 1. The summed E-state index contributed by atoms with van der Waals surface area (Å²) in [6.45, 7) is 5.36. The zero-order valence-corrected chi connectivity index (χ0v) is 16.0. The molecule has 0 bridgehead atoms. The van der Waals surface area contributed by atoms with E-state index in [2.05, 4.69) is 59.8 Å². The number of hydrogen-bond donors (Lipinski definition) is 2. The predicted octanol–water partition coefficient (Wildman–Crippen LogP) is 4.52. The van der Waals surface area contributed by atoms with Gasteiger partial charge in [0.05, 0.1) is 6.54 Å². The van der Waals surface area contributed by atoms with E-state index in [1.54, 1.807) is 0 Å². The molecular formula is C20H24N4OS. The van der Waals surface area contributed by atoms with Gasteiger partial charge in [-0.2, -0.15) is 5.10 Å². The van der Waals surface area contributed by atoms with Crippen molar-refractivity contribution in [1.82, 2.24) is 14.9 Å². The lowest BCUT2D eigenvalue weighted by molar-refractivity contribution is 0.303. The van der Waals surface area contributed by atoms with Crippen molar-refractivity contribution in [1.29, 1.82) is 0 Å². The van der Waals surface area contributed by atoms with Gasteiger partial charge in [0.15, 0.2) is 5.82 Å². The molecule has 0 saturated carbocycles. The molecule has 1 heterocycles. The monoisotopic (exact) mass is 368 g/mol. The van der Waals surface area contributed by atoms with Crippen molar-refractivity contribution >= 4 is 12.2 Å². The molecular weight excluding hydrogens is 344 g/mol. The number of nitrogens with zero attached hydrogens (tertiary/aromatic N) is 2. The van der Waals surface area contributed by atoms with Gasteiger partial charge in [0.1, 0.15) is 12.4 Å². The smallest absolute Gasteiger partial charge is 0.214 e. The lowest BCUT2D eigenvalue weighted by atomic mass is 10.1. The number of hydrogen-bond acceptors (Lipinski definition) is 4. The standard InChI is InChI=1S/C20H24N4OS/c1-3-7-19-22-23-20(26)24(19)21-13-17-10-4-5-11-18(17)25-14-16-9-6-8-15(2)12-16/h4-6,8-12,21H,3,7,13-14H2,1-2H3,(H,23,26). The molecule has 5 nitrogen and oxygen atoms in total. The molecule has 0 fully saturated rings. The zero-order valence-electron chi connectivity index (χ0n) is 15.2. The maximum atomic E-state index is 6.06. The topological polar surface area (TPSA) is 54.9 Å². The summed E-state index contributed by atoms with van der Waals surface area (Å²) in [6.07, 6.45) is 1.88. The fourth-order valence-electron chi connectivity index (χ4n) is 2.80. The highest BCUT2D eigenvalue weighted by molar-refractivity contribution is 7.71. The van der Waals surface area contributed by atoms with Crippen molar-refractivity contribution < 1.29 is 4.74 Å². The van der Waals surface area contributed by atoms with Gasteiger partial charge >= 0.3 is 0 Å². The van der Waals surface area contributed by atoms with E-state index in [-0.39, 0.29) is 0 Å². The van der Waals surface area contributed by atoms with Crippen LogP contribution in [-0.2, 0) is 19.6 Å². The van der Waals surface area contributed by atoms with E-state index in [0.29, 0.717) is 17.9 Å². The van der Waals surface area contributed by atoms with Crippen molar-refractivity contribution in [2.45, 2.75) is 39.8 Å². The summed E-state index contributed by atoms with van der Waals surface area (Å²) >= 11 is 5.31. The van der Waals surface area contributed by atoms with Gasteiger partial charge in [0.2, 0.25) is 4.77 Å². The Balaban J connectivity index is 1.69. The van der Waals surface area contributed by atoms with Crippen LogP contribution in [-0.4, -0.2) is 14.9 Å². The third-order valence-corrected chi connectivity index (χ3v) is 4.37. The molecule has 0 spiro atoms. The molecule has 0 amide bonds. The van der Waals surface area contributed by atoms with Crippen LogP contribution in [0.5, 0.6) is 5.75 Å². The van der Waals surface area contributed by atoms with Crippen LogP contribution in [0.4, 0.5) is 0 Å². The molecule has 136 valence electrons. The van der Waals surface area contributed by atoms with E-state index < -0.39 is 0 Å². The molecule has 0 saturated heterocycles. The maximum absolute atomic E-state index is 6.06. The van der Waals surface area contributed by atoms with Gasteiger partial charge in [-0.3, -0.25) is 5.10 Å². The number of benzene rings is 2. The van der Waals surface area contributed by atoms with Gasteiger partial charge < -0.3 is 10.2 Å². The van der Waals surface area contributed by atoms with E-state index in [1.807, 2.05) is 22.9 Å². The van der Waals surface area contributed by atoms with Crippen molar-refractivity contribution in [2.75, 3.05) is 5.43 Å². The molecule has 1 aromatic heterocycles. The number of H-pyrrole nitrogens is 1. The lowest BCUT2D eigenvalue weighted by Gasteiger charge is -2.14. The van der Waals surface area contributed by atoms with E-state index >= 15 is 0 Å². The Kier molecular flexibility index (Phi) is 6.07. The number of ether oxygens (including phenoxy) is 1. The summed E-state index contributed by atoms with van der Waals surface area (Å²) in [5.41, 5.74) is 6.82. The second kappa shape index (κ2) is 8.67. The molecule has 26 heavy (non-hydrogen) atoms. The first-order chi connectivity index (χ1) is 12.7. The van der Waals surface area contributed by atoms with Crippen LogP contribution in [0.3, 0.4) is 0 Å². The predicted molar refractivity (Wildman–Crippen MR) is 106 cm³/mol. The Labute approximate surface area is 159 Å². The Morgan fingerprint density at radius 3 is 2.85 bits per heavy atom. The Bertz CT molecular complexity index is 916. The Morgan fingerprint density at radius 1 is 1.19 bits per heavy atom. The summed E-state index contributed by atoms with van der Waals surface area (Å²) in [5.74, 6) is 1.78. The van der Waals surface area contributed by atoms with Crippen LogP contribution in [0.15, 0.2) is 48.5 Å². The summed E-state index contributed by atoms with van der Waals surface area (Å²) in [4.78, 5) is 0. The van der Waals surface area contributed by atoms with Gasteiger partial charge in [-0.25, -0.2) is 4.68 Å². The molecule has 2 N–H and O–H groups in total. The van der Waals surface area contributed by atoms with E-state index in [9.17, 15) is 0 Å². The molecule has 0 aliphatic rings. The summed E-state index contributed by atoms with van der Waals surface area (Å²) in [5, 5.41) is 7.12. The number of aryl methyl sites for hydroxylation is 2. The number of aromatic nitrogens is 3. The minimum absolute atomic E-state index is 0.547. The number of rotatable bonds is 8. The first kappa shape index (κ1) is 18.2. The fraction of sp³-hybridized carbons (Fsp3) is 0.300. The first-order valence-corrected chi connectivity index (χ1v) is 9.24. The van der Waals surface area contributed by atoms with Crippen LogP contribution < -0.4 is 10.2 Å². The van der Waals surface area contributed by atoms with Gasteiger partial charge in [-0.1, -0.05) is 55.0 Å². The van der Waals surface area contributed by atoms with E-state index in [4.69, 9.17) is 17.0 Å². The van der Waals surface area contributed by atoms with Crippen LogP contribution in [0.1, 0.15) is 35.9 Å².